The van der Waals surface area contributed by atoms with E-state index < -0.39 is 0 Å². The van der Waals surface area contributed by atoms with Gasteiger partial charge in [0.15, 0.2) is 0 Å². The number of aliphatic hydroxyl groups is 1. The van der Waals surface area contributed by atoms with Crippen molar-refractivity contribution >= 4 is 34.8 Å². The molecule has 1 amide bonds. The van der Waals surface area contributed by atoms with E-state index in [0.717, 1.165) is 25.9 Å². The Labute approximate surface area is 141 Å². The van der Waals surface area contributed by atoms with Crippen LogP contribution in [0.1, 0.15) is 26.7 Å². The van der Waals surface area contributed by atoms with Gasteiger partial charge < -0.3 is 10.4 Å². The molecule has 122 valence electrons. The summed E-state index contributed by atoms with van der Waals surface area (Å²) in [6, 6.07) is 4.75. The number of halogens is 2. The maximum Gasteiger partial charge on any atom is 0.241 e. The van der Waals surface area contributed by atoms with Crippen molar-refractivity contribution < 1.29 is 9.90 Å². The van der Waals surface area contributed by atoms with E-state index in [0.29, 0.717) is 21.7 Å². The van der Waals surface area contributed by atoms with Crippen LogP contribution in [0, 0.1) is 5.92 Å². The summed E-state index contributed by atoms with van der Waals surface area (Å²) in [7, 11) is 0. The normalized spacial score (nSPS) is 19.7. The number of hydrogen-bond acceptors (Lipinski definition) is 3. The minimum Gasteiger partial charge on any atom is -0.393 e. The molecule has 1 aliphatic rings. The summed E-state index contributed by atoms with van der Waals surface area (Å²) < 4.78 is 0. The van der Waals surface area contributed by atoms with Gasteiger partial charge in [-0.3, -0.25) is 9.69 Å². The highest BCUT2D eigenvalue weighted by atomic mass is 35.5. The molecular formula is C16H22Cl2N2O2. The lowest BCUT2D eigenvalue weighted by Gasteiger charge is -2.36. The first-order valence-corrected chi connectivity index (χ1v) is 8.32. The molecule has 1 aliphatic heterocycles. The molecule has 0 spiro atoms. The minimum absolute atomic E-state index is 0.0975. The molecule has 2 unspecified atom stereocenters. The zero-order valence-electron chi connectivity index (χ0n) is 12.9. The summed E-state index contributed by atoms with van der Waals surface area (Å²) in [5.74, 6) is 0.230. The largest absolute Gasteiger partial charge is 0.393 e. The van der Waals surface area contributed by atoms with Crippen LogP contribution in [0.5, 0.6) is 0 Å². The van der Waals surface area contributed by atoms with Crippen molar-refractivity contribution in [3.8, 4) is 0 Å². The van der Waals surface area contributed by atoms with Gasteiger partial charge in [0.1, 0.15) is 0 Å². The first kappa shape index (κ1) is 17.5. The third kappa shape index (κ3) is 4.35. The second kappa shape index (κ2) is 7.64. The van der Waals surface area contributed by atoms with Gasteiger partial charge in [-0.2, -0.15) is 0 Å². The smallest absolute Gasteiger partial charge is 0.241 e. The highest BCUT2D eigenvalue weighted by Gasteiger charge is 2.28. The van der Waals surface area contributed by atoms with Crippen LogP contribution in [0.25, 0.3) is 0 Å². The number of likely N-dealkylation sites (tertiary alicyclic amines) is 1. The molecule has 4 nitrogen and oxygen atoms in total. The van der Waals surface area contributed by atoms with Crippen LogP contribution in [0.2, 0.25) is 10.0 Å². The third-order valence-corrected chi connectivity index (χ3v) is 4.93. The van der Waals surface area contributed by atoms with Gasteiger partial charge in [0.05, 0.1) is 22.9 Å². The zero-order valence-corrected chi connectivity index (χ0v) is 14.4. The first-order chi connectivity index (χ1) is 10.4. The molecule has 0 radical (unpaired) electrons. The van der Waals surface area contributed by atoms with Crippen molar-refractivity contribution in [2.45, 2.75) is 38.8 Å². The van der Waals surface area contributed by atoms with Crippen LogP contribution in [0.15, 0.2) is 18.2 Å². The minimum atomic E-state index is -0.281. The standard InChI is InChI=1S/C16H22Cl2N2O2/c1-10(20-7-5-12(6-8-20)11(2)21)16(22)19-15-9-13(17)3-4-14(15)18/h3-4,9-12,21H,5-8H2,1-2H3,(H,19,22). The number of benzene rings is 1. The van der Waals surface area contributed by atoms with E-state index in [-0.39, 0.29) is 18.1 Å². The number of carbonyl (C=O) groups is 1. The number of nitrogens with zero attached hydrogens (tertiary/aromatic N) is 1. The Morgan fingerprint density at radius 1 is 1.32 bits per heavy atom. The van der Waals surface area contributed by atoms with Crippen molar-refractivity contribution in [3.63, 3.8) is 0 Å². The fourth-order valence-electron chi connectivity index (χ4n) is 2.79. The van der Waals surface area contributed by atoms with Gasteiger partial charge in [0.2, 0.25) is 5.91 Å². The van der Waals surface area contributed by atoms with Crippen molar-refractivity contribution in [3.05, 3.63) is 28.2 Å². The van der Waals surface area contributed by atoms with Crippen LogP contribution < -0.4 is 5.32 Å². The highest BCUT2D eigenvalue weighted by Crippen LogP contribution is 2.26. The number of amides is 1. The molecule has 0 aromatic heterocycles. The maximum atomic E-state index is 12.4. The molecule has 1 heterocycles. The number of aliphatic hydroxyl groups excluding tert-OH is 1. The molecule has 0 bridgehead atoms. The second-order valence-electron chi connectivity index (χ2n) is 5.90. The van der Waals surface area contributed by atoms with Gasteiger partial charge in [-0.05, 0) is 63.9 Å². The van der Waals surface area contributed by atoms with E-state index in [2.05, 4.69) is 10.2 Å². The molecule has 1 fully saturated rings. The van der Waals surface area contributed by atoms with Gasteiger partial charge >= 0.3 is 0 Å². The third-order valence-electron chi connectivity index (χ3n) is 4.37. The van der Waals surface area contributed by atoms with Crippen LogP contribution in [0.3, 0.4) is 0 Å². The Morgan fingerprint density at radius 3 is 2.55 bits per heavy atom. The zero-order chi connectivity index (χ0) is 16.3. The topological polar surface area (TPSA) is 52.6 Å². The summed E-state index contributed by atoms with van der Waals surface area (Å²) >= 11 is 12.0. The van der Waals surface area contributed by atoms with E-state index in [1.165, 1.54) is 0 Å². The monoisotopic (exact) mass is 344 g/mol. The SMILES string of the molecule is CC(O)C1CCN(C(C)C(=O)Nc2cc(Cl)ccc2Cl)CC1. The molecule has 1 aromatic rings. The number of hydrogen-bond donors (Lipinski definition) is 2. The van der Waals surface area contributed by atoms with Crippen LogP contribution in [-0.2, 0) is 4.79 Å². The lowest BCUT2D eigenvalue weighted by Crippen LogP contribution is -2.47. The molecule has 1 saturated heterocycles. The lowest BCUT2D eigenvalue weighted by atomic mass is 9.91. The van der Waals surface area contributed by atoms with Gasteiger partial charge in [-0.25, -0.2) is 0 Å². The lowest BCUT2D eigenvalue weighted by molar-refractivity contribution is -0.121. The average molecular weight is 345 g/mol. The number of rotatable bonds is 4. The number of nitrogens with one attached hydrogen (secondary N) is 1. The summed E-state index contributed by atoms with van der Waals surface area (Å²) in [6.45, 7) is 5.34. The summed E-state index contributed by atoms with van der Waals surface area (Å²) in [4.78, 5) is 14.5. The van der Waals surface area contributed by atoms with Gasteiger partial charge in [-0.1, -0.05) is 23.2 Å². The number of anilines is 1. The molecule has 1 aromatic carbocycles. The van der Waals surface area contributed by atoms with Crippen molar-refractivity contribution in [2.75, 3.05) is 18.4 Å². The molecule has 22 heavy (non-hydrogen) atoms. The van der Waals surface area contributed by atoms with E-state index >= 15 is 0 Å². The second-order valence-corrected chi connectivity index (χ2v) is 6.75. The fraction of sp³-hybridized carbons (Fsp3) is 0.562. The van der Waals surface area contributed by atoms with Crippen LogP contribution in [0.4, 0.5) is 5.69 Å². The molecule has 0 saturated carbocycles. The fourth-order valence-corrected chi connectivity index (χ4v) is 3.12. The molecule has 2 rings (SSSR count). The Kier molecular flexibility index (Phi) is 6.09. The Balaban J connectivity index is 1.94. The Morgan fingerprint density at radius 2 is 1.95 bits per heavy atom. The number of piperidine rings is 1. The summed E-state index contributed by atoms with van der Waals surface area (Å²) in [5.41, 5.74) is 0.532. The molecule has 0 aliphatic carbocycles. The Hall–Kier alpha value is -0.810. The predicted octanol–water partition coefficient (Wildman–Crippen LogP) is 3.41. The number of carbonyl (C=O) groups excluding carboxylic acids is 1. The van der Waals surface area contributed by atoms with Crippen molar-refractivity contribution in [1.29, 1.82) is 0 Å². The first-order valence-electron chi connectivity index (χ1n) is 7.56. The molecule has 6 heteroatoms. The molecule has 2 N–H and O–H groups in total. The predicted molar refractivity (Wildman–Crippen MR) is 90.5 cm³/mol. The molecule has 2 atom stereocenters. The van der Waals surface area contributed by atoms with E-state index in [9.17, 15) is 9.90 Å². The van der Waals surface area contributed by atoms with Crippen LogP contribution >= 0.6 is 23.2 Å². The molecular weight excluding hydrogens is 323 g/mol. The summed E-state index contributed by atoms with van der Waals surface area (Å²) in [6.07, 6.45) is 1.54. The van der Waals surface area contributed by atoms with Gasteiger partial charge in [-0.15, -0.1) is 0 Å². The van der Waals surface area contributed by atoms with E-state index in [1.807, 2.05) is 13.8 Å². The quantitative estimate of drug-likeness (QED) is 0.879. The van der Waals surface area contributed by atoms with Gasteiger partial charge in [0, 0.05) is 5.02 Å². The summed E-state index contributed by atoms with van der Waals surface area (Å²) in [5, 5.41) is 13.5. The van der Waals surface area contributed by atoms with Crippen molar-refractivity contribution in [2.24, 2.45) is 5.92 Å². The Bertz CT molecular complexity index is 529. The highest BCUT2D eigenvalue weighted by molar-refractivity contribution is 6.35. The maximum absolute atomic E-state index is 12.4. The van der Waals surface area contributed by atoms with Crippen LogP contribution in [-0.4, -0.2) is 41.1 Å². The van der Waals surface area contributed by atoms with Gasteiger partial charge in [0.25, 0.3) is 0 Å². The average Bonchev–Trinajstić information content (AvgIpc) is 2.50. The van der Waals surface area contributed by atoms with Crippen molar-refractivity contribution in [1.82, 2.24) is 4.90 Å². The van der Waals surface area contributed by atoms with E-state index in [1.54, 1.807) is 18.2 Å². The van der Waals surface area contributed by atoms with E-state index in [4.69, 9.17) is 23.2 Å².